The van der Waals surface area contributed by atoms with Crippen LogP contribution in [0.3, 0.4) is 0 Å². The molecule has 112 valence electrons. The van der Waals surface area contributed by atoms with Crippen LogP contribution in [-0.2, 0) is 0 Å². The van der Waals surface area contributed by atoms with Gasteiger partial charge in [0.25, 0.3) is 5.91 Å². The molecule has 1 aromatic heterocycles. The number of benzene rings is 1. The Labute approximate surface area is 126 Å². The average Bonchev–Trinajstić information content (AvgIpc) is 2.44. The highest BCUT2D eigenvalue weighted by Gasteiger charge is 2.22. The maximum atomic E-state index is 12.9. The first-order valence-corrected chi connectivity index (χ1v) is 7.36. The number of anilines is 1. The van der Waals surface area contributed by atoms with Gasteiger partial charge in [-0.05, 0) is 25.2 Å². The summed E-state index contributed by atoms with van der Waals surface area (Å²) in [7, 11) is 0. The number of aromatic nitrogens is 1. The summed E-state index contributed by atoms with van der Waals surface area (Å²) in [6, 6.07) is 7.80. The van der Waals surface area contributed by atoms with E-state index in [4.69, 9.17) is 5.73 Å². The first-order valence-electron chi connectivity index (χ1n) is 7.36. The number of nitrogens with two attached hydrogens (primary N) is 1. The van der Waals surface area contributed by atoms with Crippen LogP contribution in [-0.4, -0.2) is 28.4 Å². The molecule has 0 spiro atoms. The van der Waals surface area contributed by atoms with Gasteiger partial charge < -0.3 is 10.6 Å². The lowest BCUT2D eigenvalue weighted by atomic mass is 10.0. The van der Waals surface area contributed by atoms with Crippen LogP contribution in [0.25, 0.3) is 10.8 Å². The fraction of sp³-hybridized carbons (Fsp3) is 0.412. The number of amides is 1. The molecule has 4 heteroatoms. The number of nitrogens with zero attached hydrogens (tertiary/aromatic N) is 2. The van der Waals surface area contributed by atoms with Gasteiger partial charge in [0.05, 0.1) is 5.56 Å². The molecule has 0 aliphatic carbocycles. The van der Waals surface area contributed by atoms with Crippen molar-refractivity contribution >= 4 is 22.5 Å². The van der Waals surface area contributed by atoms with Crippen LogP contribution in [0.15, 0.2) is 30.5 Å². The van der Waals surface area contributed by atoms with Gasteiger partial charge in [-0.15, -0.1) is 0 Å². The van der Waals surface area contributed by atoms with Crippen molar-refractivity contribution in [1.29, 1.82) is 0 Å². The number of hydrogen-bond donors (Lipinski definition) is 1. The van der Waals surface area contributed by atoms with Gasteiger partial charge in [-0.2, -0.15) is 0 Å². The minimum absolute atomic E-state index is 0.0161. The van der Waals surface area contributed by atoms with Crippen LogP contribution in [0.2, 0.25) is 0 Å². The van der Waals surface area contributed by atoms with Gasteiger partial charge in [-0.1, -0.05) is 38.1 Å². The Morgan fingerprint density at radius 3 is 2.38 bits per heavy atom. The molecule has 0 bridgehead atoms. The Bertz CT molecular complexity index is 650. The summed E-state index contributed by atoms with van der Waals surface area (Å²) in [5.41, 5.74) is 6.53. The molecule has 0 radical (unpaired) electrons. The molecular formula is C17H23N3O. The van der Waals surface area contributed by atoms with Crippen molar-refractivity contribution in [2.75, 3.05) is 12.3 Å². The summed E-state index contributed by atoms with van der Waals surface area (Å²) < 4.78 is 0. The van der Waals surface area contributed by atoms with Gasteiger partial charge >= 0.3 is 0 Å². The summed E-state index contributed by atoms with van der Waals surface area (Å²) in [4.78, 5) is 19.0. The lowest BCUT2D eigenvalue weighted by Crippen LogP contribution is -2.39. The lowest BCUT2D eigenvalue weighted by molar-refractivity contribution is 0.0683. The second kappa shape index (κ2) is 6.12. The fourth-order valence-electron chi connectivity index (χ4n) is 2.46. The number of rotatable bonds is 4. The number of pyridine rings is 1. The van der Waals surface area contributed by atoms with Crippen molar-refractivity contribution in [3.63, 3.8) is 0 Å². The molecule has 0 aliphatic heterocycles. The summed E-state index contributed by atoms with van der Waals surface area (Å²) in [5.74, 6) is 0.897. The van der Waals surface area contributed by atoms with Crippen LogP contribution in [0.4, 0.5) is 5.82 Å². The third-order valence-corrected chi connectivity index (χ3v) is 3.50. The van der Waals surface area contributed by atoms with Gasteiger partial charge in [0, 0.05) is 24.2 Å². The van der Waals surface area contributed by atoms with Crippen molar-refractivity contribution in [3.05, 3.63) is 36.0 Å². The first kappa shape index (κ1) is 15.3. The van der Waals surface area contributed by atoms with Crippen molar-refractivity contribution in [3.8, 4) is 0 Å². The van der Waals surface area contributed by atoms with Crippen LogP contribution < -0.4 is 5.73 Å². The van der Waals surface area contributed by atoms with Gasteiger partial charge in [-0.3, -0.25) is 4.79 Å². The van der Waals surface area contributed by atoms with E-state index >= 15 is 0 Å². The Balaban J connectivity index is 2.50. The summed E-state index contributed by atoms with van der Waals surface area (Å²) in [6.07, 6.45) is 1.59. The van der Waals surface area contributed by atoms with E-state index in [1.54, 1.807) is 6.20 Å². The third kappa shape index (κ3) is 3.15. The van der Waals surface area contributed by atoms with E-state index in [9.17, 15) is 4.79 Å². The highest BCUT2D eigenvalue weighted by Crippen LogP contribution is 2.24. The Kier molecular flexibility index (Phi) is 4.46. The van der Waals surface area contributed by atoms with E-state index in [1.807, 2.05) is 43.0 Å². The standard InChI is InChI=1S/C17H23N3O/c1-11(2)10-20(12(3)4)17(21)15-9-19-16(18)14-8-6-5-7-13(14)15/h5-9,11-12H,10H2,1-4H3,(H2,18,19). The van der Waals surface area contributed by atoms with Crippen LogP contribution >= 0.6 is 0 Å². The van der Waals surface area contributed by atoms with Crippen molar-refractivity contribution < 1.29 is 4.79 Å². The number of nitrogen functional groups attached to an aromatic ring is 1. The fourth-order valence-corrected chi connectivity index (χ4v) is 2.46. The van der Waals surface area contributed by atoms with E-state index in [0.29, 0.717) is 17.3 Å². The monoisotopic (exact) mass is 285 g/mol. The Morgan fingerprint density at radius 2 is 1.81 bits per heavy atom. The molecule has 0 saturated heterocycles. The second-order valence-electron chi connectivity index (χ2n) is 6.05. The Morgan fingerprint density at radius 1 is 1.19 bits per heavy atom. The van der Waals surface area contributed by atoms with Gasteiger partial charge in [0.2, 0.25) is 0 Å². The van der Waals surface area contributed by atoms with E-state index < -0.39 is 0 Å². The smallest absolute Gasteiger partial charge is 0.256 e. The second-order valence-corrected chi connectivity index (χ2v) is 6.05. The molecule has 0 atom stereocenters. The van der Waals surface area contributed by atoms with Crippen molar-refractivity contribution in [2.45, 2.75) is 33.7 Å². The highest BCUT2D eigenvalue weighted by atomic mass is 16.2. The molecule has 2 N–H and O–H groups in total. The van der Waals surface area contributed by atoms with Gasteiger partial charge in [0.1, 0.15) is 5.82 Å². The van der Waals surface area contributed by atoms with Gasteiger partial charge in [-0.25, -0.2) is 4.98 Å². The molecule has 2 aromatic rings. The largest absolute Gasteiger partial charge is 0.383 e. The van der Waals surface area contributed by atoms with E-state index in [2.05, 4.69) is 18.8 Å². The molecule has 2 rings (SSSR count). The normalized spacial score (nSPS) is 11.3. The number of carbonyl (C=O) groups is 1. The summed E-state index contributed by atoms with van der Waals surface area (Å²) in [5, 5.41) is 1.70. The lowest BCUT2D eigenvalue weighted by Gasteiger charge is -2.29. The number of hydrogen-bond acceptors (Lipinski definition) is 3. The number of fused-ring (bicyclic) bond motifs is 1. The molecule has 0 aliphatic rings. The molecule has 4 nitrogen and oxygen atoms in total. The SMILES string of the molecule is CC(C)CN(C(=O)c1cnc(N)c2ccccc12)C(C)C. The topological polar surface area (TPSA) is 59.2 Å². The number of carbonyl (C=O) groups excluding carboxylic acids is 1. The highest BCUT2D eigenvalue weighted by molar-refractivity contribution is 6.09. The van der Waals surface area contributed by atoms with Crippen LogP contribution in [0.1, 0.15) is 38.1 Å². The van der Waals surface area contributed by atoms with Crippen LogP contribution in [0, 0.1) is 5.92 Å². The predicted molar refractivity (Wildman–Crippen MR) is 87.2 cm³/mol. The zero-order chi connectivity index (χ0) is 15.6. The van der Waals surface area contributed by atoms with E-state index in [0.717, 1.165) is 17.3 Å². The molecule has 0 saturated carbocycles. The molecular weight excluding hydrogens is 262 g/mol. The maximum absolute atomic E-state index is 12.9. The molecule has 1 heterocycles. The molecule has 0 unspecified atom stereocenters. The van der Waals surface area contributed by atoms with Crippen LogP contribution in [0.5, 0.6) is 0 Å². The van der Waals surface area contributed by atoms with Crippen molar-refractivity contribution in [1.82, 2.24) is 9.88 Å². The molecule has 1 amide bonds. The van der Waals surface area contributed by atoms with E-state index in [-0.39, 0.29) is 11.9 Å². The maximum Gasteiger partial charge on any atom is 0.256 e. The summed E-state index contributed by atoms with van der Waals surface area (Å²) >= 11 is 0. The van der Waals surface area contributed by atoms with Gasteiger partial charge in [0.15, 0.2) is 0 Å². The average molecular weight is 285 g/mol. The first-order chi connectivity index (χ1) is 9.91. The Hall–Kier alpha value is -2.10. The molecule has 1 aromatic carbocycles. The quantitative estimate of drug-likeness (QED) is 0.937. The summed E-state index contributed by atoms with van der Waals surface area (Å²) in [6.45, 7) is 9.03. The zero-order valence-electron chi connectivity index (χ0n) is 13.1. The third-order valence-electron chi connectivity index (χ3n) is 3.50. The molecule has 21 heavy (non-hydrogen) atoms. The minimum atomic E-state index is 0.0161. The minimum Gasteiger partial charge on any atom is -0.383 e. The van der Waals surface area contributed by atoms with Crippen molar-refractivity contribution in [2.24, 2.45) is 5.92 Å². The molecule has 0 fully saturated rings. The zero-order valence-corrected chi connectivity index (χ0v) is 13.1. The van der Waals surface area contributed by atoms with E-state index in [1.165, 1.54) is 0 Å². The predicted octanol–water partition coefficient (Wildman–Crippen LogP) is 3.32.